The van der Waals surface area contributed by atoms with E-state index in [2.05, 4.69) is 4.90 Å². The van der Waals surface area contributed by atoms with Crippen molar-refractivity contribution in [3.05, 3.63) is 22.7 Å². The Morgan fingerprint density at radius 2 is 2.05 bits per heavy atom. The molecule has 0 atom stereocenters. The first-order valence-electron chi connectivity index (χ1n) is 7.03. The Hall–Kier alpha value is -0.970. The average Bonchev–Trinajstić information content (AvgIpc) is 2.45. The SMILES string of the molecule is CCOC1CCN(Cc2cc(Cl)cc(OC)c2O)CC1. The van der Waals surface area contributed by atoms with E-state index in [9.17, 15) is 5.11 Å². The Morgan fingerprint density at radius 3 is 2.65 bits per heavy atom. The van der Waals surface area contributed by atoms with Crippen molar-refractivity contribution in [1.29, 1.82) is 0 Å². The number of phenolic OH excluding ortho intramolecular Hbond substituents is 1. The Bertz CT molecular complexity index is 445. The number of methoxy groups -OCH3 is 1. The third kappa shape index (κ3) is 3.78. The molecular formula is C15H22ClNO3. The van der Waals surface area contributed by atoms with Crippen molar-refractivity contribution in [1.82, 2.24) is 4.90 Å². The van der Waals surface area contributed by atoms with Crippen LogP contribution in [0.1, 0.15) is 25.3 Å². The molecule has 1 aliphatic heterocycles. The molecule has 1 saturated heterocycles. The highest BCUT2D eigenvalue weighted by molar-refractivity contribution is 6.30. The van der Waals surface area contributed by atoms with Gasteiger partial charge in [-0.1, -0.05) is 11.6 Å². The number of phenols is 1. The van der Waals surface area contributed by atoms with Gasteiger partial charge < -0.3 is 14.6 Å². The van der Waals surface area contributed by atoms with Crippen LogP contribution < -0.4 is 4.74 Å². The van der Waals surface area contributed by atoms with Crippen LogP contribution in [0.5, 0.6) is 11.5 Å². The fourth-order valence-electron chi connectivity index (χ4n) is 2.62. The molecule has 0 aliphatic carbocycles. The van der Waals surface area contributed by atoms with E-state index in [-0.39, 0.29) is 5.75 Å². The van der Waals surface area contributed by atoms with Crippen molar-refractivity contribution < 1.29 is 14.6 Å². The van der Waals surface area contributed by atoms with Gasteiger partial charge in [0.1, 0.15) is 0 Å². The Labute approximate surface area is 125 Å². The van der Waals surface area contributed by atoms with Gasteiger partial charge >= 0.3 is 0 Å². The molecule has 1 aromatic carbocycles. The summed E-state index contributed by atoms with van der Waals surface area (Å²) in [5.74, 6) is 0.612. The Morgan fingerprint density at radius 1 is 1.35 bits per heavy atom. The first-order valence-corrected chi connectivity index (χ1v) is 7.41. The molecule has 0 radical (unpaired) electrons. The second-order valence-electron chi connectivity index (χ2n) is 5.05. The van der Waals surface area contributed by atoms with E-state index in [0.717, 1.165) is 38.1 Å². The van der Waals surface area contributed by atoms with Crippen molar-refractivity contribution in [2.24, 2.45) is 0 Å². The molecule has 0 spiro atoms. The predicted octanol–water partition coefficient (Wildman–Crippen LogP) is 3.06. The van der Waals surface area contributed by atoms with Crippen LogP contribution in [0.15, 0.2) is 12.1 Å². The van der Waals surface area contributed by atoms with Crippen molar-refractivity contribution in [2.75, 3.05) is 26.8 Å². The summed E-state index contributed by atoms with van der Waals surface area (Å²) < 4.78 is 10.8. The molecule has 4 nitrogen and oxygen atoms in total. The summed E-state index contributed by atoms with van der Waals surface area (Å²) in [5.41, 5.74) is 0.809. The molecule has 0 saturated carbocycles. The predicted molar refractivity (Wildman–Crippen MR) is 79.6 cm³/mol. The quantitative estimate of drug-likeness (QED) is 0.907. The summed E-state index contributed by atoms with van der Waals surface area (Å²) in [6.07, 6.45) is 2.44. The fourth-order valence-corrected chi connectivity index (χ4v) is 2.85. The van der Waals surface area contributed by atoms with Gasteiger partial charge in [-0.15, -0.1) is 0 Å². The smallest absolute Gasteiger partial charge is 0.162 e. The number of hydrogen-bond acceptors (Lipinski definition) is 4. The summed E-state index contributed by atoms with van der Waals surface area (Å²) >= 11 is 6.05. The number of halogens is 1. The molecular weight excluding hydrogens is 278 g/mol. The number of hydrogen-bond donors (Lipinski definition) is 1. The minimum Gasteiger partial charge on any atom is -0.504 e. The van der Waals surface area contributed by atoms with Gasteiger partial charge in [-0.05, 0) is 25.8 Å². The molecule has 2 rings (SSSR count). The molecule has 1 aromatic rings. The van der Waals surface area contributed by atoms with Gasteiger partial charge in [0.25, 0.3) is 0 Å². The minimum absolute atomic E-state index is 0.184. The third-order valence-electron chi connectivity index (χ3n) is 3.67. The number of likely N-dealkylation sites (tertiary alicyclic amines) is 1. The first-order chi connectivity index (χ1) is 9.63. The van der Waals surface area contributed by atoms with Gasteiger partial charge in [-0.25, -0.2) is 0 Å². The number of ether oxygens (including phenoxy) is 2. The number of aromatic hydroxyl groups is 1. The van der Waals surface area contributed by atoms with E-state index in [1.807, 2.05) is 6.92 Å². The molecule has 1 N–H and O–H groups in total. The average molecular weight is 300 g/mol. The first kappa shape index (κ1) is 15.4. The lowest BCUT2D eigenvalue weighted by molar-refractivity contribution is 0.0124. The highest BCUT2D eigenvalue weighted by atomic mass is 35.5. The summed E-state index contributed by atoms with van der Waals surface area (Å²) in [5, 5.41) is 10.7. The van der Waals surface area contributed by atoms with E-state index >= 15 is 0 Å². The summed E-state index contributed by atoms with van der Waals surface area (Å²) in [6.45, 7) is 5.43. The van der Waals surface area contributed by atoms with Gasteiger partial charge in [0, 0.05) is 42.9 Å². The number of benzene rings is 1. The van der Waals surface area contributed by atoms with Crippen LogP contribution in [0.2, 0.25) is 5.02 Å². The van der Waals surface area contributed by atoms with Crippen LogP contribution in [-0.2, 0) is 11.3 Å². The molecule has 0 aromatic heterocycles. The van der Waals surface area contributed by atoms with Crippen molar-refractivity contribution >= 4 is 11.6 Å². The normalized spacial score (nSPS) is 17.4. The van der Waals surface area contributed by atoms with Crippen molar-refractivity contribution in [3.8, 4) is 11.5 Å². The molecule has 0 unspecified atom stereocenters. The minimum atomic E-state index is 0.184. The van der Waals surface area contributed by atoms with E-state index in [1.165, 1.54) is 7.11 Å². The number of rotatable bonds is 5. The summed E-state index contributed by atoms with van der Waals surface area (Å²) in [7, 11) is 1.53. The zero-order valence-corrected chi connectivity index (χ0v) is 12.8. The zero-order chi connectivity index (χ0) is 14.5. The molecule has 5 heteroatoms. The highest BCUT2D eigenvalue weighted by Crippen LogP contribution is 2.34. The lowest BCUT2D eigenvalue weighted by Crippen LogP contribution is -2.36. The molecule has 0 amide bonds. The number of nitrogens with zero attached hydrogens (tertiary/aromatic N) is 1. The maximum Gasteiger partial charge on any atom is 0.162 e. The van der Waals surface area contributed by atoms with Crippen LogP contribution in [0.4, 0.5) is 0 Å². The number of piperidine rings is 1. The summed E-state index contributed by atoms with van der Waals surface area (Å²) in [6, 6.07) is 3.43. The van der Waals surface area contributed by atoms with Crippen LogP contribution in [-0.4, -0.2) is 42.9 Å². The Balaban J connectivity index is 1.99. The van der Waals surface area contributed by atoms with Gasteiger partial charge in [-0.2, -0.15) is 0 Å². The second-order valence-corrected chi connectivity index (χ2v) is 5.48. The topological polar surface area (TPSA) is 41.9 Å². The van der Waals surface area contributed by atoms with Crippen LogP contribution >= 0.6 is 11.6 Å². The maximum absolute atomic E-state index is 10.1. The van der Waals surface area contributed by atoms with Gasteiger partial charge in [-0.3, -0.25) is 4.90 Å². The van der Waals surface area contributed by atoms with Crippen molar-refractivity contribution in [2.45, 2.75) is 32.4 Å². The fraction of sp³-hybridized carbons (Fsp3) is 0.600. The molecule has 0 bridgehead atoms. The van der Waals surface area contributed by atoms with Gasteiger partial charge in [0.15, 0.2) is 11.5 Å². The van der Waals surface area contributed by atoms with Crippen LogP contribution in [0, 0.1) is 0 Å². The monoisotopic (exact) mass is 299 g/mol. The largest absolute Gasteiger partial charge is 0.504 e. The third-order valence-corrected chi connectivity index (χ3v) is 3.89. The van der Waals surface area contributed by atoms with Crippen molar-refractivity contribution in [3.63, 3.8) is 0 Å². The van der Waals surface area contributed by atoms with E-state index in [4.69, 9.17) is 21.1 Å². The highest BCUT2D eigenvalue weighted by Gasteiger charge is 2.21. The lowest BCUT2D eigenvalue weighted by atomic mass is 10.1. The second kappa shape index (κ2) is 7.16. The van der Waals surface area contributed by atoms with Crippen LogP contribution in [0.3, 0.4) is 0 Å². The van der Waals surface area contributed by atoms with E-state index in [0.29, 0.717) is 23.4 Å². The standard InChI is InChI=1S/C15H22ClNO3/c1-3-20-13-4-6-17(7-5-13)10-11-8-12(16)9-14(19-2)15(11)18/h8-9,13,18H,3-7,10H2,1-2H3. The molecule has 112 valence electrons. The molecule has 20 heavy (non-hydrogen) atoms. The van der Waals surface area contributed by atoms with E-state index < -0.39 is 0 Å². The van der Waals surface area contributed by atoms with Gasteiger partial charge in [0.05, 0.1) is 13.2 Å². The summed E-state index contributed by atoms with van der Waals surface area (Å²) in [4.78, 5) is 2.31. The molecule has 1 heterocycles. The lowest BCUT2D eigenvalue weighted by Gasteiger charge is -2.31. The molecule has 1 fully saturated rings. The van der Waals surface area contributed by atoms with Gasteiger partial charge in [0.2, 0.25) is 0 Å². The van der Waals surface area contributed by atoms with E-state index in [1.54, 1.807) is 12.1 Å². The van der Waals surface area contributed by atoms with Crippen LogP contribution in [0.25, 0.3) is 0 Å². The zero-order valence-electron chi connectivity index (χ0n) is 12.1. The Kier molecular flexibility index (Phi) is 5.52. The maximum atomic E-state index is 10.1. The molecule has 1 aliphatic rings.